The van der Waals surface area contributed by atoms with Crippen LogP contribution in [0.15, 0.2) is 106 Å². The number of halogens is 3. The first-order valence-corrected chi connectivity index (χ1v) is 17.7. The highest BCUT2D eigenvalue weighted by Gasteiger charge is 2.35. The molecule has 0 aliphatic rings. The van der Waals surface area contributed by atoms with Crippen LogP contribution in [-0.4, -0.2) is 44.3 Å². The van der Waals surface area contributed by atoms with Gasteiger partial charge in [0.2, 0.25) is 11.8 Å². The molecule has 46 heavy (non-hydrogen) atoms. The molecule has 7 nitrogen and oxygen atoms in total. The number of hydrogen-bond acceptors (Lipinski definition) is 4. The summed E-state index contributed by atoms with van der Waals surface area (Å²) < 4.78 is 30.1. The highest BCUT2D eigenvalue weighted by atomic mass is 79.9. The molecule has 11 heteroatoms. The zero-order valence-electron chi connectivity index (χ0n) is 25.8. The molecule has 0 heterocycles. The Hall–Kier alpha value is -3.37. The lowest BCUT2D eigenvalue weighted by Gasteiger charge is -2.34. The van der Waals surface area contributed by atoms with Crippen molar-refractivity contribution in [2.45, 2.75) is 44.7 Å². The van der Waals surface area contributed by atoms with Gasteiger partial charge in [0.05, 0.1) is 10.6 Å². The first-order chi connectivity index (χ1) is 21.9. The largest absolute Gasteiger partial charge is 0.354 e. The van der Waals surface area contributed by atoms with Crippen LogP contribution >= 0.6 is 39.1 Å². The Morgan fingerprint density at radius 3 is 2.04 bits per heavy atom. The molecule has 0 radical (unpaired) electrons. The Balaban J connectivity index is 1.83. The first-order valence-electron chi connectivity index (χ1n) is 14.8. The molecular weight excluding hydrogens is 709 g/mol. The van der Waals surface area contributed by atoms with Gasteiger partial charge in [-0.1, -0.05) is 107 Å². The van der Waals surface area contributed by atoms with Crippen LogP contribution in [0.4, 0.5) is 5.69 Å². The number of aryl methyl sites for hydroxylation is 1. The van der Waals surface area contributed by atoms with Gasteiger partial charge in [0.15, 0.2) is 0 Å². The quantitative estimate of drug-likeness (QED) is 0.152. The Bertz CT molecular complexity index is 1730. The Morgan fingerprint density at radius 2 is 1.46 bits per heavy atom. The third kappa shape index (κ3) is 9.12. The Labute approximate surface area is 289 Å². The zero-order valence-corrected chi connectivity index (χ0v) is 29.7. The minimum atomic E-state index is -4.21. The fraction of sp³-hybridized carbons (Fsp3) is 0.257. The second kappa shape index (κ2) is 16.0. The van der Waals surface area contributed by atoms with E-state index >= 15 is 0 Å². The predicted octanol–water partition coefficient (Wildman–Crippen LogP) is 7.67. The second-order valence-electron chi connectivity index (χ2n) is 11.4. The van der Waals surface area contributed by atoms with Crippen molar-refractivity contribution in [1.29, 1.82) is 0 Å². The number of hydrogen-bond donors (Lipinski definition) is 1. The number of sulfonamides is 1. The van der Waals surface area contributed by atoms with Gasteiger partial charge in [-0.15, -0.1) is 0 Å². The number of amides is 2. The Morgan fingerprint density at radius 1 is 0.848 bits per heavy atom. The molecule has 0 unspecified atom stereocenters. The summed E-state index contributed by atoms with van der Waals surface area (Å²) in [6.45, 7) is 5.51. The van der Waals surface area contributed by atoms with Gasteiger partial charge in [0.1, 0.15) is 12.6 Å². The number of anilines is 1. The molecule has 0 aliphatic heterocycles. The van der Waals surface area contributed by atoms with Gasteiger partial charge in [-0.05, 0) is 66.9 Å². The van der Waals surface area contributed by atoms with Crippen molar-refractivity contribution in [3.63, 3.8) is 0 Å². The molecule has 0 spiro atoms. The lowest BCUT2D eigenvalue weighted by molar-refractivity contribution is -0.140. The fourth-order valence-electron chi connectivity index (χ4n) is 4.80. The monoisotopic (exact) mass is 743 g/mol. The normalized spacial score (nSPS) is 12.1. The van der Waals surface area contributed by atoms with Crippen LogP contribution in [0.1, 0.15) is 30.5 Å². The summed E-state index contributed by atoms with van der Waals surface area (Å²) in [7, 11) is -4.21. The van der Waals surface area contributed by atoms with Gasteiger partial charge in [-0.3, -0.25) is 13.9 Å². The molecule has 2 amide bonds. The van der Waals surface area contributed by atoms with Crippen molar-refractivity contribution in [3.8, 4) is 0 Å². The van der Waals surface area contributed by atoms with Crippen molar-refractivity contribution >= 4 is 66.7 Å². The van der Waals surface area contributed by atoms with E-state index in [9.17, 15) is 18.0 Å². The van der Waals surface area contributed by atoms with Crippen LogP contribution in [0.25, 0.3) is 0 Å². The van der Waals surface area contributed by atoms with E-state index < -0.39 is 28.5 Å². The predicted molar refractivity (Wildman–Crippen MR) is 189 cm³/mol. The van der Waals surface area contributed by atoms with E-state index in [-0.39, 0.29) is 35.4 Å². The van der Waals surface area contributed by atoms with Gasteiger partial charge in [0, 0.05) is 39.6 Å². The summed E-state index contributed by atoms with van der Waals surface area (Å²) in [5, 5.41) is 3.61. The lowest BCUT2D eigenvalue weighted by atomic mass is 10.0. The average Bonchev–Trinajstić information content (AvgIpc) is 3.02. The number of nitrogens with zero attached hydrogens (tertiary/aromatic N) is 2. The topological polar surface area (TPSA) is 86.8 Å². The number of rotatable bonds is 13. The van der Waals surface area contributed by atoms with Crippen molar-refractivity contribution in [1.82, 2.24) is 10.2 Å². The van der Waals surface area contributed by atoms with Gasteiger partial charge in [-0.2, -0.15) is 0 Å². The standard InChI is InChI=1S/C35H36BrCl2N3O4S/c1-24(2)21-39-35(43)33(20-26-8-5-4-6-9-26)40(22-30-31(37)10-7-11-32(30)38)34(42)23-41(28-16-14-27(36)15-17-28)46(44,45)29-18-12-25(3)13-19-29/h4-19,24,33H,20-23H2,1-3H3,(H,39,43)/t33-/m1/s1. The van der Waals surface area contributed by atoms with Crippen LogP contribution < -0.4 is 9.62 Å². The molecule has 1 N–H and O–H groups in total. The van der Waals surface area contributed by atoms with Crippen LogP contribution in [0.5, 0.6) is 0 Å². The molecule has 0 aromatic heterocycles. The average molecular weight is 746 g/mol. The van der Waals surface area contributed by atoms with E-state index in [1.807, 2.05) is 51.1 Å². The van der Waals surface area contributed by atoms with Crippen LogP contribution in [-0.2, 0) is 32.6 Å². The van der Waals surface area contributed by atoms with E-state index in [1.54, 1.807) is 54.6 Å². The maximum absolute atomic E-state index is 14.6. The van der Waals surface area contributed by atoms with E-state index in [1.165, 1.54) is 17.0 Å². The minimum Gasteiger partial charge on any atom is -0.354 e. The summed E-state index contributed by atoms with van der Waals surface area (Å²) in [6.07, 6.45) is 0.182. The summed E-state index contributed by atoms with van der Waals surface area (Å²) in [4.78, 5) is 29.9. The van der Waals surface area contributed by atoms with Gasteiger partial charge >= 0.3 is 0 Å². The van der Waals surface area contributed by atoms with Gasteiger partial charge in [-0.25, -0.2) is 8.42 Å². The van der Waals surface area contributed by atoms with Gasteiger partial charge < -0.3 is 10.2 Å². The number of nitrogens with one attached hydrogen (secondary N) is 1. The smallest absolute Gasteiger partial charge is 0.264 e. The number of carbonyl (C=O) groups excluding carboxylic acids is 2. The first kappa shape index (κ1) is 35.5. The third-order valence-electron chi connectivity index (χ3n) is 7.35. The molecule has 0 fully saturated rings. The summed E-state index contributed by atoms with van der Waals surface area (Å²) in [6, 6.07) is 26.4. The van der Waals surface area contributed by atoms with Crippen molar-refractivity contribution < 1.29 is 18.0 Å². The summed E-state index contributed by atoms with van der Waals surface area (Å²) >= 11 is 16.5. The zero-order chi connectivity index (χ0) is 33.4. The van der Waals surface area contributed by atoms with Gasteiger partial charge in [0.25, 0.3) is 10.0 Å². The van der Waals surface area contributed by atoms with E-state index in [0.29, 0.717) is 22.2 Å². The molecule has 4 rings (SSSR count). The molecule has 1 atom stereocenters. The minimum absolute atomic E-state index is 0.0324. The number of benzene rings is 4. The molecule has 4 aromatic rings. The SMILES string of the molecule is Cc1ccc(S(=O)(=O)N(CC(=O)N(Cc2c(Cl)cccc2Cl)[C@H](Cc2ccccc2)C(=O)NCC(C)C)c2ccc(Br)cc2)cc1. The summed E-state index contributed by atoms with van der Waals surface area (Å²) in [5.41, 5.74) is 2.46. The van der Waals surface area contributed by atoms with Crippen molar-refractivity contribution in [2.75, 3.05) is 17.4 Å². The molecule has 0 aliphatic carbocycles. The molecule has 242 valence electrons. The number of carbonyl (C=O) groups is 2. The molecule has 4 aromatic carbocycles. The highest BCUT2D eigenvalue weighted by Crippen LogP contribution is 2.29. The summed E-state index contributed by atoms with van der Waals surface area (Å²) in [5.74, 6) is -0.808. The fourth-order valence-corrected chi connectivity index (χ4v) is 7.00. The maximum atomic E-state index is 14.6. The van der Waals surface area contributed by atoms with Crippen LogP contribution in [0, 0.1) is 12.8 Å². The molecular formula is C35H36BrCl2N3O4S. The molecule has 0 saturated heterocycles. The third-order valence-corrected chi connectivity index (χ3v) is 10.4. The van der Waals surface area contributed by atoms with E-state index in [4.69, 9.17) is 23.2 Å². The second-order valence-corrected chi connectivity index (χ2v) is 15.0. The van der Waals surface area contributed by atoms with Crippen molar-refractivity contribution in [2.24, 2.45) is 5.92 Å². The van der Waals surface area contributed by atoms with Crippen LogP contribution in [0.2, 0.25) is 10.0 Å². The Kier molecular flexibility index (Phi) is 12.3. The molecule has 0 bridgehead atoms. The molecule has 0 saturated carbocycles. The van der Waals surface area contributed by atoms with Crippen molar-refractivity contribution in [3.05, 3.63) is 128 Å². The van der Waals surface area contributed by atoms with Crippen LogP contribution in [0.3, 0.4) is 0 Å². The maximum Gasteiger partial charge on any atom is 0.264 e. The lowest BCUT2D eigenvalue weighted by Crippen LogP contribution is -2.53. The highest BCUT2D eigenvalue weighted by molar-refractivity contribution is 9.10. The van der Waals surface area contributed by atoms with E-state index in [2.05, 4.69) is 21.2 Å². The van der Waals surface area contributed by atoms with E-state index in [0.717, 1.165) is 19.9 Å².